The molecule has 0 aromatic heterocycles. The highest BCUT2D eigenvalue weighted by molar-refractivity contribution is 5.89. The second kappa shape index (κ2) is 3.65. The minimum absolute atomic E-state index is 0.138. The van der Waals surface area contributed by atoms with Crippen LogP contribution in [0.4, 0.5) is 11.4 Å². The van der Waals surface area contributed by atoms with Gasteiger partial charge in [-0.05, 0) is 35.6 Å². The number of benzene rings is 1. The van der Waals surface area contributed by atoms with Gasteiger partial charge < -0.3 is 10.1 Å². The fourth-order valence-corrected chi connectivity index (χ4v) is 2.88. The van der Waals surface area contributed by atoms with Crippen molar-refractivity contribution in [2.75, 3.05) is 11.4 Å². The summed E-state index contributed by atoms with van der Waals surface area (Å²) in [5.74, 6) is 1.21. The monoisotopic (exact) mass is 232 g/mol. The van der Waals surface area contributed by atoms with Crippen molar-refractivity contribution in [3.05, 3.63) is 24.3 Å². The van der Waals surface area contributed by atoms with Gasteiger partial charge in [-0.25, -0.2) is 0 Å². The van der Waals surface area contributed by atoms with Crippen molar-refractivity contribution < 1.29 is 9.95 Å². The van der Waals surface area contributed by atoms with Gasteiger partial charge in [0.1, 0.15) is 6.04 Å². The third-order valence-electron chi connectivity index (χ3n) is 3.87. The lowest BCUT2D eigenvalue weighted by Gasteiger charge is -2.40. The Morgan fingerprint density at radius 1 is 1.41 bits per heavy atom. The van der Waals surface area contributed by atoms with E-state index >= 15 is 0 Å². The number of hydrogen-bond donors (Lipinski definition) is 2. The lowest BCUT2D eigenvalue weighted by atomic mass is 9.90. The molecule has 0 saturated carbocycles. The Balaban J connectivity index is 2.12. The molecule has 2 atom stereocenters. The Morgan fingerprint density at radius 3 is 3.00 bits per heavy atom. The summed E-state index contributed by atoms with van der Waals surface area (Å²) >= 11 is 0. The Hall–Kier alpha value is -1.71. The molecule has 0 amide bonds. The van der Waals surface area contributed by atoms with Gasteiger partial charge in [0.15, 0.2) is 5.69 Å². The summed E-state index contributed by atoms with van der Waals surface area (Å²) in [5.41, 5.74) is 7.93. The highest BCUT2D eigenvalue weighted by Gasteiger charge is 2.40. The molecule has 1 fully saturated rings. The number of nitrogens with zero attached hydrogens (tertiary/aromatic N) is 2. The molecular formula is C13H18N3O+. The summed E-state index contributed by atoms with van der Waals surface area (Å²) in [7, 11) is 0. The zero-order valence-corrected chi connectivity index (χ0v) is 10.0. The normalized spacial score (nSPS) is 27.7. The third-order valence-corrected chi connectivity index (χ3v) is 3.87. The van der Waals surface area contributed by atoms with E-state index in [1.54, 1.807) is 0 Å². The molecule has 3 rings (SSSR count). The smallest absolute Gasteiger partial charge is 0.310 e. The first-order valence-electron chi connectivity index (χ1n) is 6.15. The van der Waals surface area contributed by atoms with Crippen LogP contribution in [0.1, 0.15) is 19.8 Å². The molecule has 1 saturated heterocycles. The number of piperidine rings is 1. The Kier molecular flexibility index (Phi) is 2.24. The Morgan fingerprint density at radius 2 is 2.18 bits per heavy atom. The van der Waals surface area contributed by atoms with Gasteiger partial charge in [0.2, 0.25) is 0 Å². The topological polar surface area (TPSA) is 52.5 Å². The van der Waals surface area contributed by atoms with Crippen molar-refractivity contribution in [2.45, 2.75) is 25.8 Å². The zero-order valence-electron chi connectivity index (χ0n) is 10.0. The summed E-state index contributed by atoms with van der Waals surface area (Å²) in [5, 5.41) is 10.1. The van der Waals surface area contributed by atoms with Gasteiger partial charge >= 0.3 is 5.84 Å². The molecule has 3 N–H and O–H groups in total. The van der Waals surface area contributed by atoms with Crippen LogP contribution in [0.2, 0.25) is 0 Å². The standard InChI is InChI=1S/C13H17N3O/c1-9-6-7-15-10-4-2-3-5-11(10)16(17)13(14)12(15)8-9/h2-5,9,12,14,17H,6-8H2,1H3/p+1/t9-,12-/m0/s1. The number of para-hydroxylation sites is 2. The molecule has 2 aliphatic heterocycles. The molecule has 2 aliphatic rings. The molecule has 0 spiro atoms. The van der Waals surface area contributed by atoms with E-state index < -0.39 is 0 Å². The summed E-state index contributed by atoms with van der Waals surface area (Å²) in [6, 6.07) is 8.01. The predicted octanol–water partition coefficient (Wildman–Crippen LogP) is 1.70. The Labute approximate surface area is 101 Å². The number of fused-ring (bicyclic) bond motifs is 3. The first kappa shape index (κ1) is 10.4. The van der Waals surface area contributed by atoms with E-state index in [0.717, 1.165) is 29.1 Å². The van der Waals surface area contributed by atoms with Gasteiger partial charge in [-0.1, -0.05) is 19.1 Å². The van der Waals surface area contributed by atoms with Crippen LogP contribution in [0.5, 0.6) is 0 Å². The first-order valence-corrected chi connectivity index (χ1v) is 6.15. The number of nitrogens with two attached hydrogens (primary N) is 1. The fraction of sp³-hybridized carbons (Fsp3) is 0.462. The van der Waals surface area contributed by atoms with E-state index in [1.807, 2.05) is 24.3 Å². The van der Waals surface area contributed by atoms with Crippen LogP contribution < -0.4 is 10.6 Å². The maximum absolute atomic E-state index is 10.1. The molecule has 90 valence electrons. The largest absolute Gasteiger partial charge is 0.354 e. The average Bonchev–Trinajstić information content (AvgIpc) is 2.36. The van der Waals surface area contributed by atoms with Gasteiger partial charge in [-0.3, -0.25) is 5.73 Å². The van der Waals surface area contributed by atoms with E-state index in [1.165, 1.54) is 6.42 Å². The van der Waals surface area contributed by atoms with Gasteiger partial charge in [0.25, 0.3) is 0 Å². The molecule has 4 heteroatoms. The summed E-state index contributed by atoms with van der Waals surface area (Å²) in [6.07, 6.45) is 2.20. The molecule has 0 aliphatic carbocycles. The number of hydrogen-bond acceptors (Lipinski definition) is 3. The number of amidine groups is 1. The van der Waals surface area contributed by atoms with Crippen LogP contribution in [-0.2, 0) is 0 Å². The zero-order chi connectivity index (χ0) is 12.0. The summed E-state index contributed by atoms with van der Waals surface area (Å²) in [6.45, 7) is 3.25. The molecule has 2 heterocycles. The van der Waals surface area contributed by atoms with Gasteiger partial charge in [-0.2, -0.15) is 0 Å². The van der Waals surface area contributed by atoms with E-state index in [-0.39, 0.29) is 6.04 Å². The second-order valence-corrected chi connectivity index (χ2v) is 5.06. The van der Waals surface area contributed by atoms with Gasteiger partial charge in [0, 0.05) is 6.54 Å². The van der Waals surface area contributed by atoms with Crippen LogP contribution in [-0.4, -0.2) is 28.4 Å². The van der Waals surface area contributed by atoms with Crippen LogP contribution in [0.25, 0.3) is 0 Å². The molecule has 0 radical (unpaired) electrons. The minimum atomic E-state index is 0.138. The second-order valence-electron chi connectivity index (χ2n) is 5.06. The van der Waals surface area contributed by atoms with Crippen molar-refractivity contribution in [1.82, 2.24) is 0 Å². The van der Waals surface area contributed by atoms with E-state index in [4.69, 9.17) is 5.73 Å². The molecule has 1 aromatic carbocycles. The molecule has 1 aromatic rings. The minimum Gasteiger partial charge on any atom is -0.354 e. The lowest BCUT2D eigenvalue weighted by Crippen LogP contribution is -2.54. The van der Waals surface area contributed by atoms with Crippen LogP contribution >= 0.6 is 0 Å². The molecule has 4 nitrogen and oxygen atoms in total. The molecular weight excluding hydrogens is 214 g/mol. The molecule has 0 unspecified atom stereocenters. The van der Waals surface area contributed by atoms with E-state index in [9.17, 15) is 5.21 Å². The number of anilines is 1. The van der Waals surface area contributed by atoms with Crippen LogP contribution in [0.3, 0.4) is 0 Å². The Bertz CT molecular complexity index is 483. The quantitative estimate of drug-likeness (QED) is 0.529. The maximum Gasteiger partial charge on any atom is 0.310 e. The molecule has 0 bridgehead atoms. The van der Waals surface area contributed by atoms with Crippen molar-refractivity contribution in [3.8, 4) is 0 Å². The third kappa shape index (κ3) is 1.47. The summed E-state index contributed by atoms with van der Waals surface area (Å²) < 4.78 is 1.15. The SMILES string of the molecule is C[C@H]1CCN2c3ccccc3[N+](O)=C(N)[C@@H]2C1. The predicted molar refractivity (Wildman–Crippen MR) is 66.9 cm³/mol. The molecule has 17 heavy (non-hydrogen) atoms. The van der Waals surface area contributed by atoms with Crippen molar-refractivity contribution >= 4 is 17.2 Å². The summed E-state index contributed by atoms with van der Waals surface area (Å²) in [4.78, 5) is 2.32. The van der Waals surface area contributed by atoms with E-state index in [2.05, 4.69) is 11.8 Å². The van der Waals surface area contributed by atoms with Gasteiger partial charge in [0.05, 0.1) is 5.69 Å². The average molecular weight is 232 g/mol. The lowest BCUT2D eigenvalue weighted by molar-refractivity contribution is -0.715. The fourth-order valence-electron chi connectivity index (χ4n) is 2.88. The van der Waals surface area contributed by atoms with Crippen LogP contribution in [0.15, 0.2) is 24.3 Å². The highest BCUT2D eigenvalue weighted by atomic mass is 16.5. The van der Waals surface area contributed by atoms with Crippen molar-refractivity contribution in [3.63, 3.8) is 0 Å². The number of rotatable bonds is 0. The first-order chi connectivity index (χ1) is 8.18. The maximum atomic E-state index is 10.1. The van der Waals surface area contributed by atoms with Crippen molar-refractivity contribution in [1.29, 1.82) is 0 Å². The van der Waals surface area contributed by atoms with Crippen molar-refractivity contribution in [2.24, 2.45) is 11.7 Å². The van der Waals surface area contributed by atoms with E-state index in [0.29, 0.717) is 11.8 Å². The van der Waals surface area contributed by atoms with Crippen LogP contribution in [0, 0.1) is 5.92 Å². The highest BCUT2D eigenvalue weighted by Crippen LogP contribution is 2.37. The van der Waals surface area contributed by atoms with Gasteiger partial charge in [-0.15, -0.1) is 0 Å².